The standard InChI is InChI=1S/C17H17FO2/c1-17(2,3)12-8-10-13(11-9-12)20-16(19)14-6-4-5-7-15(14)18/h4-11H,1-3H3. The van der Waals surface area contributed by atoms with Gasteiger partial charge in [-0.25, -0.2) is 9.18 Å². The van der Waals surface area contributed by atoms with Gasteiger partial charge in [-0.1, -0.05) is 45.0 Å². The molecule has 0 radical (unpaired) electrons. The molecule has 0 aliphatic heterocycles. The summed E-state index contributed by atoms with van der Waals surface area (Å²) in [5.74, 6) is -0.860. The Hall–Kier alpha value is -2.16. The average Bonchev–Trinajstić information content (AvgIpc) is 2.38. The van der Waals surface area contributed by atoms with Crippen LogP contribution >= 0.6 is 0 Å². The second-order valence-corrected chi connectivity index (χ2v) is 5.64. The topological polar surface area (TPSA) is 26.3 Å². The molecule has 0 aliphatic carbocycles. The van der Waals surface area contributed by atoms with Crippen molar-refractivity contribution in [1.82, 2.24) is 0 Å². The summed E-state index contributed by atoms with van der Waals surface area (Å²) in [4.78, 5) is 11.9. The molecule has 0 amide bonds. The normalized spacial score (nSPS) is 11.2. The third kappa shape index (κ3) is 3.23. The molecule has 0 bridgehead atoms. The van der Waals surface area contributed by atoms with Crippen LogP contribution in [0.5, 0.6) is 5.75 Å². The number of ether oxygens (including phenoxy) is 1. The van der Waals surface area contributed by atoms with E-state index in [0.29, 0.717) is 5.75 Å². The molecule has 2 aromatic carbocycles. The van der Waals surface area contributed by atoms with Crippen LogP contribution in [0, 0.1) is 5.82 Å². The van der Waals surface area contributed by atoms with Gasteiger partial charge in [0.1, 0.15) is 11.6 Å². The number of esters is 1. The van der Waals surface area contributed by atoms with Crippen LogP contribution in [-0.2, 0) is 5.41 Å². The number of rotatable bonds is 2. The van der Waals surface area contributed by atoms with Gasteiger partial charge < -0.3 is 4.74 Å². The molecule has 2 aromatic rings. The first kappa shape index (κ1) is 14.3. The molecule has 2 nitrogen and oxygen atoms in total. The Morgan fingerprint density at radius 2 is 1.60 bits per heavy atom. The lowest BCUT2D eigenvalue weighted by Gasteiger charge is -2.19. The highest BCUT2D eigenvalue weighted by atomic mass is 19.1. The minimum Gasteiger partial charge on any atom is -0.423 e. The first-order valence-electron chi connectivity index (χ1n) is 6.45. The van der Waals surface area contributed by atoms with Crippen LogP contribution < -0.4 is 4.74 Å². The molecule has 0 atom stereocenters. The number of carbonyl (C=O) groups excluding carboxylic acids is 1. The van der Waals surface area contributed by atoms with Gasteiger partial charge in [0.15, 0.2) is 0 Å². The Labute approximate surface area is 118 Å². The summed E-state index contributed by atoms with van der Waals surface area (Å²) < 4.78 is 18.6. The zero-order chi connectivity index (χ0) is 14.8. The quantitative estimate of drug-likeness (QED) is 0.600. The first-order valence-corrected chi connectivity index (χ1v) is 6.45. The molecule has 2 rings (SSSR count). The smallest absolute Gasteiger partial charge is 0.346 e. The van der Waals surface area contributed by atoms with Crippen molar-refractivity contribution >= 4 is 5.97 Å². The SMILES string of the molecule is CC(C)(C)c1ccc(OC(=O)c2ccccc2F)cc1. The summed E-state index contributed by atoms with van der Waals surface area (Å²) in [5, 5.41) is 0. The molecule has 0 unspecified atom stereocenters. The number of halogens is 1. The monoisotopic (exact) mass is 272 g/mol. The van der Waals surface area contributed by atoms with Crippen LogP contribution in [0.4, 0.5) is 4.39 Å². The largest absolute Gasteiger partial charge is 0.423 e. The van der Waals surface area contributed by atoms with E-state index in [1.807, 2.05) is 12.1 Å². The Bertz CT molecular complexity index is 610. The van der Waals surface area contributed by atoms with Crippen LogP contribution in [0.1, 0.15) is 36.7 Å². The van der Waals surface area contributed by atoms with Crippen LogP contribution in [0.3, 0.4) is 0 Å². The van der Waals surface area contributed by atoms with E-state index < -0.39 is 11.8 Å². The zero-order valence-electron chi connectivity index (χ0n) is 11.8. The van der Waals surface area contributed by atoms with Gasteiger partial charge >= 0.3 is 5.97 Å². The molecule has 0 fully saturated rings. The van der Waals surface area contributed by atoms with E-state index in [9.17, 15) is 9.18 Å². The Morgan fingerprint density at radius 1 is 1.00 bits per heavy atom. The Balaban J connectivity index is 2.15. The van der Waals surface area contributed by atoms with Crippen LogP contribution in [0.15, 0.2) is 48.5 Å². The van der Waals surface area contributed by atoms with Crippen molar-refractivity contribution in [3.05, 3.63) is 65.5 Å². The summed E-state index contributed by atoms with van der Waals surface area (Å²) >= 11 is 0. The highest BCUT2D eigenvalue weighted by molar-refractivity contribution is 5.91. The van der Waals surface area contributed by atoms with E-state index in [-0.39, 0.29) is 11.0 Å². The molecule has 0 aromatic heterocycles. The number of benzene rings is 2. The molecule has 0 heterocycles. The molecule has 0 saturated heterocycles. The maximum atomic E-state index is 13.5. The van der Waals surface area contributed by atoms with E-state index in [0.717, 1.165) is 5.56 Å². The third-order valence-electron chi connectivity index (χ3n) is 3.02. The summed E-state index contributed by atoms with van der Waals surface area (Å²) in [6, 6.07) is 13.0. The van der Waals surface area contributed by atoms with Gasteiger partial charge in [0.25, 0.3) is 0 Å². The van der Waals surface area contributed by atoms with Crippen molar-refractivity contribution in [1.29, 1.82) is 0 Å². The number of hydrogen-bond acceptors (Lipinski definition) is 2. The van der Waals surface area contributed by atoms with E-state index in [2.05, 4.69) is 20.8 Å². The molecular formula is C17H17FO2. The minimum absolute atomic E-state index is 0.0358. The lowest BCUT2D eigenvalue weighted by Crippen LogP contribution is -2.12. The first-order chi connectivity index (χ1) is 9.38. The third-order valence-corrected chi connectivity index (χ3v) is 3.02. The molecule has 20 heavy (non-hydrogen) atoms. The zero-order valence-corrected chi connectivity index (χ0v) is 11.8. The summed E-state index contributed by atoms with van der Waals surface area (Å²) in [5.41, 5.74) is 1.12. The van der Waals surface area contributed by atoms with Gasteiger partial charge in [-0.05, 0) is 35.2 Å². The summed E-state index contributed by atoms with van der Waals surface area (Å²) in [7, 11) is 0. The van der Waals surface area contributed by atoms with Crippen LogP contribution in [0.25, 0.3) is 0 Å². The second kappa shape index (κ2) is 5.45. The number of carbonyl (C=O) groups is 1. The van der Waals surface area contributed by atoms with E-state index in [1.165, 1.54) is 18.2 Å². The van der Waals surface area contributed by atoms with E-state index >= 15 is 0 Å². The van der Waals surface area contributed by atoms with E-state index in [4.69, 9.17) is 4.74 Å². The lowest BCUT2D eigenvalue weighted by molar-refractivity contribution is 0.0730. The Morgan fingerprint density at radius 3 is 2.15 bits per heavy atom. The predicted octanol–water partition coefficient (Wildman–Crippen LogP) is 4.34. The van der Waals surface area contributed by atoms with Crippen molar-refractivity contribution < 1.29 is 13.9 Å². The van der Waals surface area contributed by atoms with Crippen LogP contribution in [-0.4, -0.2) is 5.97 Å². The molecular weight excluding hydrogens is 255 g/mol. The highest BCUT2D eigenvalue weighted by Gasteiger charge is 2.15. The van der Waals surface area contributed by atoms with Crippen molar-refractivity contribution in [2.75, 3.05) is 0 Å². The maximum Gasteiger partial charge on any atom is 0.346 e. The van der Waals surface area contributed by atoms with Gasteiger partial charge in [-0.2, -0.15) is 0 Å². The van der Waals surface area contributed by atoms with Crippen molar-refractivity contribution in [2.24, 2.45) is 0 Å². The van der Waals surface area contributed by atoms with Gasteiger partial charge in [-0.3, -0.25) is 0 Å². The second-order valence-electron chi connectivity index (χ2n) is 5.64. The fraction of sp³-hybridized carbons (Fsp3) is 0.235. The molecule has 3 heteroatoms. The Kier molecular flexibility index (Phi) is 3.89. The summed E-state index contributed by atoms with van der Waals surface area (Å²) in [6.07, 6.45) is 0. The predicted molar refractivity (Wildman–Crippen MR) is 76.5 cm³/mol. The maximum absolute atomic E-state index is 13.5. The molecule has 0 N–H and O–H groups in total. The fourth-order valence-electron chi connectivity index (χ4n) is 1.81. The van der Waals surface area contributed by atoms with Gasteiger partial charge in [-0.15, -0.1) is 0 Å². The van der Waals surface area contributed by atoms with E-state index in [1.54, 1.807) is 18.2 Å². The van der Waals surface area contributed by atoms with Crippen molar-refractivity contribution in [3.63, 3.8) is 0 Å². The number of hydrogen-bond donors (Lipinski definition) is 0. The van der Waals surface area contributed by atoms with Gasteiger partial charge in [0, 0.05) is 0 Å². The fourth-order valence-corrected chi connectivity index (χ4v) is 1.81. The average molecular weight is 272 g/mol. The molecule has 0 aliphatic rings. The highest BCUT2D eigenvalue weighted by Crippen LogP contribution is 2.24. The molecule has 0 spiro atoms. The van der Waals surface area contributed by atoms with Gasteiger partial charge in [0.05, 0.1) is 5.56 Å². The van der Waals surface area contributed by atoms with Gasteiger partial charge in [0.2, 0.25) is 0 Å². The molecule has 0 saturated carbocycles. The minimum atomic E-state index is -0.688. The van der Waals surface area contributed by atoms with Crippen molar-refractivity contribution in [2.45, 2.75) is 26.2 Å². The van der Waals surface area contributed by atoms with Crippen LogP contribution in [0.2, 0.25) is 0 Å². The van der Waals surface area contributed by atoms with Crippen molar-refractivity contribution in [3.8, 4) is 5.75 Å². The lowest BCUT2D eigenvalue weighted by atomic mass is 9.87. The molecule has 104 valence electrons. The summed E-state index contributed by atoms with van der Waals surface area (Å²) in [6.45, 7) is 6.31.